The van der Waals surface area contributed by atoms with Crippen molar-refractivity contribution in [3.8, 4) is 28.7 Å². The van der Waals surface area contributed by atoms with Crippen LogP contribution in [-0.4, -0.2) is 15.2 Å². The number of nitrogens with zero attached hydrogens (tertiary/aromatic N) is 3. The highest BCUT2D eigenvalue weighted by Gasteiger charge is 2.22. The lowest BCUT2D eigenvalue weighted by atomic mass is 10.00. The second-order valence-electron chi connectivity index (χ2n) is 8.81. The van der Waals surface area contributed by atoms with Gasteiger partial charge in [0, 0.05) is 17.9 Å². The van der Waals surface area contributed by atoms with Crippen LogP contribution in [0.15, 0.2) is 81.6 Å². The molecular formula is C30H25N3O3. The number of hydrogen-bond donors (Lipinski definition) is 0. The smallest absolute Gasteiger partial charge is 0.248 e. The molecule has 0 bridgehead atoms. The van der Waals surface area contributed by atoms with Crippen LogP contribution < -0.4 is 4.74 Å². The van der Waals surface area contributed by atoms with E-state index in [1.54, 1.807) is 6.92 Å². The molecule has 0 aliphatic rings. The Hall–Kier alpha value is -4.45. The summed E-state index contributed by atoms with van der Waals surface area (Å²) < 4.78 is 18.5. The molecule has 0 N–H and O–H groups in total. The zero-order valence-electron chi connectivity index (χ0n) is 20.4. The lowest BCUT2D eigenvalue weighted by Gasteiger charge is -2.15. The van der Waals surface area contributed by atoms with Crippen LogP contribution in [0.2, 0.25) is 0 Å². The van der Waals surface area contributed by atoms with Gasteiger partial charge in [-0.1, -0.05) is 61.5 Å². The molecule has 0 radical (unpaired) electrons. The van der Waals surface area contributed by atoms with Gasteiger partial charge in [-0.25, -0.2) is 4.98 Å². The first-order chi connectivity index (χ1) is 17.6. The molecule has 0 aliphatic carbocycles. The number of furan rings is 1. The van der Waals surface area contributed by atoms with Gasteiger partial charge in [-0.05, 0) is 42.7 Å². The highest BCUT2D eigenvalue weighted by molar-refractivity contribution is 6.01. The second-order valence-corrected chi connectivity index (χ2v) is 8.81. The fraction of sp³-hybridized carbons (Fsp3) is 0.167. The minimum atomic E-state index is 0.424. The van der Waals surface area contributed by atoms with Gasteiger partial charge < -0.3 is 13.6 Å². The highest BCUT2D eigenvalue weighted by atomic mass is 16.5. The Labute approximate surface area is 208 Å². The lowest BCUT2D eigenvalue weighted by Crippen LogP contribution is -2.00. The van der Waals surface area contributed by atoms with Crippen LogP contribution in [0.25, 0.3) is 44.8 Å². The van der Waals surface area contributed by atoms with Gasteiger partial charge >= 0.3 is 0 Å². The predicted molar refractivity (Wildman–Crippen MR) is 140 cm³/mol. The molecule has 6 heteroatoms. The summed E-state index contributed by atoms with van der Waals surface area (Å²) in [4.78, 5) is 5.12. The number of ether oxygens (including phenoxy) is 1. The molecule has 6 nitrogen and oxygen atoms in total. The van der Waals surface area contributed by atoms with E-state index in [1.807, 2.05) is 60.7 Å². The first kappa shape index (κ1) is 22.0. The number of para-hydroxylation sites is 1. The van der Waals surface area contributed by atoms with Crippen LogP contribution in [0.1, 0.15) is 29.5 Å². The molecule has 36 heavy (non-hydrogen) atoms. The Morgan fingerprint density at radius 2 is 1.67 bits per heavy atom. The van der Waals surface area contributed by atoms with Crippen LogP contribution in [-0.2, 0) is 13.0 Å². The first-order valence-electron chi connectivity index (χ1n) is 12.0. The van der Waals surface area contributed by atoms with Crippen molar-refractivity contribution < 1.29 is 13.6 Å². The fourth-order valence-corrected chi connectivity index (χ4v) is 4.62. The van der Waals surface area contributed by atoms with Gasteiger partial charge in [0.15, 0.2) is 5.76 Å². The third-order valence-electron chi connectivity index (χ3n) is 6.46. The molecule has 0 saturated carbocycles. The van der Waals surface area contributed by atoms with Gasteiger partial charge in [0.2, 0.25) is 11.8 Å². The standard InChI is InChI=1S/C30H25N3O3/c1-4-21-14-15-26(34-17-20-10-6-5-7-11-20)27-23(30-33-32-19(3)35-30)16-24(31-28(21)27)29-18(2)22-12-8-9-13-25(22)36-29/h5-16H,4,17H2,1-3H3. The summed E-state index contributed by atoms with van der Waals surface area (Å²) in [6, 6.07) is 24.2. The van der Waals surface area contributed by atoms with E-state index in [9.17, 15) is 0 Å². The molecule has 0 saturated heterocycles. The van der Waals surface area contributed by atoms with Gasteiger partial charge in [-0.2, -0.15) is 0 Å². The zero-order valence-corrected chi connectivity index (χ0v) is 20.4. The number of benzene rings is 3. The van der Waals surface area contributed by atoms with E-state index >= 15 is 0 Å². The number of hydrogen-bond acceptors (Lipinski definition) is 6. The second kappa shape index (κ2) is 8.96. The molecule has 178 valence electrons. The Balaban J connectivity index is 1.59. The predicted octanol–water partition coefficient (Wildman–Crippen LogP) is 7.46. The van der Waals surface area contributed by atoms with Gasteiger partial charge in [0.25, 0.3) is 0 Å². The lowest BCUT2D eigenvalue weighted by molar-refractivity contribution is 0.310. The topological polar surface area (TPSA) is 74.2 Å². The van der Waals surface area contributed by atoms with Crippen molar-refractivity contribution in [2.24, 2.45) is 0 Å². The minimum absolute atomic E-state index is 0.424. The molecule has 3 aromatic heterocycles. The van der Waals surface area contributed by atoms with E-state index in [4.69, 9.17) is 18.6 Å². The molecule has 3 aromatic carbocycles. The summed E-state index contributed by atoms with van der Waals surface area (Å²) in [7, 11) is 0. The zero-order chi connectivity index (χ0) is 24.6. The Morgan fingerprint density at radius 1 is 0.861 bits per heavy atom. The minimum Gasteiger partial charge on any atom is -0.488 e. The van der Waals surface area contributed by atoms with Gasteiger partial charge in [-0.15, -0.1) is 10.2 Å². The average molecular weight is 476 g/mol. The maximum absolute atomic E-state index is 6.34. The largest absolute Gasteiger partial charge is 0.488 e. The quantitative estimate of drug-likeness (QED) is 0.249. The number of aromatic nitrogens is 3. The molecule has 0 unspecified atom stereocenters. The summed E-state index contributed by atoms with van der Waals surface area (Å²) in [5.41, 5.74) is 6.39. The molecule has 3 heterocycles. The molecule has 6 aromatic rings. The Kier molecular flexibility index (Phi) is 5.49. The van der Waals surface area contributed by atoms with Crippen LogP contribution in [0.5, 0.6) is 5.75 Å². The molecule has 0 atom stereocenters. The van der Waals surface area contributed by atoms with Crippen molar-refractivity contribution in [3.63, 3.8) is 0 Å². The first-order valence-corrected chi connectivity index (χ1v) is 12.0. The van der Waals surface area contributed by atoms with E-state index in [2.05, 4.69) is 36.2 Å². The Bertz CT molecular complexity index is 1700. The van der Waals surface area contributed by atoms with E-state index in [-0.39, 0.29) is 0 Å². The molecule has 6 rings (SSSR count). The van der Waals surface area contributed by atoms with Crippen molar-refractivity contribution in [2.75, 3.05) is 0 Å². The SMILES string of the molecule is CCc1ccc(OCc2ccccc2)c2c(-c3nnc(C)o3)cc(-c3oc4ccccc4c3C)nc12. The van der Waals surface area contributed by atoms with E-state index in [0.29, 0.717) is 18.4 Å². The van der Waals surface area contributed by atoms with Crippen LogP contribution in [0, 0.1) is 13.8 Å². The van der Waals surface area contributed by atoms with Crippen molar-refractivity contribution in [1.82, 2.24) is 15.2 Å². The molecule has 0 amide bonds. The third-order valence-corrected chi connectivity index (χ3v) is 6.46. The summed E-state index contributed by atoms with van der Waals surface area (Å²) in [5.74, 6) is 2.37. The molecular weight excluding hydrogens is 450 g/mol. The van der Waals surface area contributed by atoms with E-state index < -0.39 is 0 Å². The van der Waals surface area contributed by atoms with Gasteiger partial charge in [0.05, 0.1) is 16.5 Å². The molecule has 0 fully saturated rings. The Morgan fingerprint density at radius 3 is 2.42 bits per heavy atom. The fourth-order valence-electron chi connectivity index (χ4n) is 4.62. The number of aryl methyl sites for hydroxylation is 3. The number of rotatable bonds is 6. The highest BCUT2D eigenvalue weighted by Crippen LogP contribution is 2.41. The maximum Gasteiger partial charge on any atom is 0.248 e. The monoisotopic (exact) mass is 475 g/mol. The van der Waals surface area contributed by atoms with Gasteiger partial charge in [0.1, 0.15) is 23.6 Å². The number of pyridine rings is 1. The normalized spacial score (nSPS) is 11.4. The average Bonchev–Trinajstić information content (AvgIpc) is 3.50. The molecule has 0 spiro atoms. The number of fused-ring (bicyclic) bond motifs is 2. The van der Waals surface area contributed by atoms with Crippen molar-refractivity contribution in [1.29, 1.82) is 0 Å². The van der Waals surface area contributed by atoms with Crippen LogP contribution >= 0.6 is 0 Å². The van der Waals surface area contributed by atoms with Crippen molar-refractivity contribution in [3.05, 3.63) is 95.4 Å². The maximum atomic E-state index is 6.34. The van der Waals surface area contributed by atoms with Crippen molar-refractivity contribution >= 4 is 21.9 Å². The summed E-state index contributed by atoms with van der Waals surface area (Å²) in [6.45, 7) is 6.41. The summed E-state index contributed by atoms with van der Waals surface area (Å²) >= 11 is 0. The molecule has 0 aliphatic heterocycles. The van der Waals surface area contributed by atoms with E-state index in [0.717, 1.165) is 67.8 Å². The van der Waals surface area contributed by atoms with E-state index in [1.165, 1.54) is 0 Å². The summed E-state index contributed by atoms with van der Waals surface area (Å²) in [5, 5.41) is 10.4. The van der Waals surface area contributed by atoms with Crippen LogP contribution in [0.3, 0.4) is 0 Å². The summed E-state index contributed by atoms with van der Waals surface area (Å²) in [6.07, 6.45) is 0.813. The van der Waals surface area contributed by atoms with Crippen LogP contribution in [0.4, 0.5) is 0 Å². The van der Waals surface area contributed by atoms with Gasteiger partial charge in [-0.3, -0.25) is 0 Å². The van der Waals surface area contributed by atoms with Crippen molar-refractivity contribution in [2.45, 2.75) is 33.8 Å². The third kappa shape index (κ3) is 3.81.